The van der Waals surface area contributed by atoms with Crippen LogP contribution in [-0.2, 0) is 16.2 Å². The maximum absolute atomic E-state index is 13.3. The predicted molar refractivity (Wildman–Crippen MR) is 134 cm³/mol. The second kappa shape index (κ2) is 9.94. The number of aryl methyl sites for hydroxylation is 1. The number of rotatable bonds is 6. The monoisotopic (exact) mass is 494 g/mol. The van der Waals surface area contributed by atoms with E-state index in [1.54, 1.807) is 50.4 Å². The van der Waals surface area contributed by atoms with Gasteiger partial charge in [0, 0.05) is 16.9 Å². The van der Waals surface area contributed by atoms with Gasteiger partial charge in [0.2, 0.25) is 5.91 Å². The number of halogens is 1. The zero-order chi connectivity index (χ0) is 25.1. The van der Waals surface area contributed by atoms with Gasteiger partial charge in [-0.2, -0.15) is 4.99 Å². The van der Waals surface area contributed by atoms with Gasteiger partial charge < -0.3 is 24.2 Å². The normalized spacial score (nSPS) is 14.0. The lowest BCUT2D eigenvalue weighted by atomic mass is 10.2. The van der Waals surface area contributed by atoms with Gasteiger partial charge in [-0.1, -0.05) is 18.2 Å². The molecule has 1 amide bonds. The highest BCUT2D eigenvalue weighted by molar-refractivity contribution is 6.32. The fourth-order valence-electron chi connectivity index (χ4n) is 3.57. The van der Waals surface area contributed by atoms with Crippen LogP contribution in [0.1, 0.15) is 11.3 Å². The third-order valence-electron chi connectivity index (χ3n) is 5.36. The number of nitrogens with one attached hydrogen (secondary N) is 2. The van der Waals surface area contributed by atoms with Crippen molar-refractivity contribution >= 4 is 41.5 Å². The first kappa shape index (κ1) is 23.9. The highest BCUT2D eigenvalue weighted by Crippen LogP contribution is 2.27. The van der Waals surface area contributed by atoms with Gasteiger partial charge in [0.25, 0.3) is 11.4 Å². The van der Waals surface area contributed by atoms with Crippen LogP contribution >= 0.6 is 11.6 Å². The average Bonchev–Trinajstić information content (AvgIpc) is 3.31. The van der Waals surface area contributed by atoms with Crippen LogP contribution in [0.25, 0.3) is 12.5 Å². The first-order valence-electron chi connectivity index (χ1n) is 10.5. The molecule has 0 radical (unpaired) electrons. The number of anilines is 1. The topological polar surface area (TPSA) is 103 Å². The Morgan fingerprint density at radius 2 is 1.91 bits per heavy atom. The number of aromatic nitrogens is 1. The number of carbonyl (C=O) groups excluding carboxylic acids is 1. The summed E-state index contributed by atoms with van der Waals surface area (Å²) in [6.45, 7) is 5.47. The second-order valence-electron chi connectivity index (χ2n) is 7.67. The van der Waals surface area contributed by atoms with E-state index in [-0.39, 0.29) is 17.6 Å². The minimum Gasteiger partial charge on any atom is -0.497 e. The lowest BCUT2D eigenvalue weighted by Gasteiger charge is -2.12. The molecule has 3 aromatic rings. The number of carbonyl (C=O) groups is 1. The van der Waals surface area contributed by atoms with E-state index in [0.29, 0.717) is 39.0 Å². The summed E-state index contributed by atoms with van der Waals surface area (Å²) in [5.74, 6) is 1.29. The van der Waals surface area contributed by atoms with E-state index in [1.807, 2.05) is 12.1 Å². The van der Waals surface area contributed by atoms with Crippen molar-refractivity contribution in [2.45, 2.75) is 13.5 Å². The van der Waals surface area contributed by atoms with Crippen LogP contribution in [0.15, 0.2) is 58.3 Å². The minimum absolute atomic E-state index is 0.0712. The number of hydrogen-bond donors (Lipinski definition) is 2. The number of pyridine rings is 1. The Labute approximate surface area is 205 Å². The van der Waals surface area contributed by atoms with Crippen molar-refractivity contribution < 1.29 is 19.1 Å². The summed E-state index contributed by atoms with van der Waals surface area (Å²) in [5.41, 5.74) is 4.07. The molecule has 0 atom stereocenters. The molecular formula is C25H23ClN4O5. The van der Waals surface area contributed by atoms with E-state index in [2.05, 4.69) is 22.4 Å². The summed E-state index contributed by atoms with van der Waals surface area (Å²) in [4.78, 5) is 36.0. The van der Waals surface area contributed by atoms with Crippen LogP contribution in [0, 0.1) is 6.92 Å². The quantitative estimate of drug-likeness (QED) is 0.543. The van der Waals surface area contributed by atoms with Crippen LogP contribution < -0.4 is 36.3 Å². The molecule has 35 heavy (non-hydrogen) atoms. The summed E-state index contributed by atoms with van der Waals surface area (Å²) in [5, 5.41) is 3.68. The Morgan fingerprint density at radius 1 is 1.17 bits per heavy atom. The number of hydroxylamine groups is 1. The Kier molecular flexibility index (Phi) is 6.79. The molecule has 0 aliphatic carbocycles. The molecule has 180 valence electrons. The summed E-state index contributed by atoms with van der Waals surface area (Å²) in [6.07, 6.45) is 0. The van der Waals surface area contributed by atoms with Crippen LogP contribution in [0.3, 0.4) is 0 Å². The first-order valence-corrected chi connectivity index (χ1v) is 10.9. The highest BCUT2D eigenvalue weighted by Gasteiger charge is 2.18. The fraction of sp³-hybridized carbons (Fsp3) is 0.160. The Hall–Kier alpha value is -4.24. The van der Waals surface area contributed by atoms with E-state index in [9.17, 15) is 9.59 Å². The molecule has 2 aromatic carbocycles. The van der Waals surface area contributed by atoms with Crippen molar-refractivity contribution in [3.63, 3.8) is 0 Å². The van der Waals surface area contributed by atoms with Gasteiger partial charge in [-0.3, -0.25) is 9.59 Å². The van der Waals surface area contributed by atoms with E-state index in [1.165, 1.54) is 11.7 Å². The third kappa shape index (κ3) is 4.99. The molecule has 1 aliphatic heterocycles. The number of nitrogens with zero attached hydrogens (tertiary/aromatic N) is 2. The first-order chi connectivity index (χ1) is 16.8. The molecule has 0 bridgehead atoms. The van der Waals surface area contributed by atoms with Crippen molar-refractivity contribution in [1.29, 1.82) is 0 Å². The summed E-state index contributed by atoms with van der Waals surface area (Å²) < 4.78 is 11.6. The minimum atomic E-state index is -0.450. The molecule has 0 fully saturated rings. The van der Waals surface area contributed by atoms with Crippen LogP contribution in [0.2, 0.25) is 5.02 Å². The molecule has 0 unspecified atom stereocenters. The number of benzene rings is 2. The van der Waals surface area contributed by atoms with Gasteiger partial charge in [-0.05, 0) is 60.7 Å². The molecule has 2 heterocycles. The average molecular weight is 495 g/mol. The van der Waals surface area contributed by atoms with Crippen molar-refractivity contribution in [1.82, 2.24) is 10.0 Å². The van der Waals surface area contributed by atoms with Gasteiger partial charge in [0.05, 0.1) is 19.2 Å². The Morgan fingerprint density at radius 3 is 2.57 bits per heavy atom. The number of hydrogen-bond acceptors (Lipinski definition) is 7. The van der Waals surface area contributed by atoms with Gasteiger partial charge in [0.1, 0.15) is 23.3 Å². The molecule has 4 rings (SSSR count). The van der Waals surface area contributed by atoms with Crippen molar-refractivity contribution in [3.05, 3.63) is 85.6 Å². The van der Waals surface area contributed by atoms with E-state index in [0.717, 1.165) is 5.56 Å². The Balaban J connectivity index is 1.65. The van der Waals surface area contributed by atoms with Gasteiger partial charge in [-0.25, -0.2) is 5.48 Å². The van der Waals surface area contributed by atoms with E-state index >= 15 is 0 Å². The van der Waals surface area contributed by atoms with Crippen molar-refractivity contribution in [3.8, 4) is 11.5 Å². The van der Waals surface area contributed by atoms with Gasteiger partial charge in [0.15, 0.2) is 5.84 Å². The molecule has 0 saturated heterocycles. The molecule has 1 aromatic heterocycles. The smallest absolute Gasteiger partial charge is 0.264 e. The van der Waals surface area contributed by atoms with Gasteiger partial charge >= 0.3 is 0 Å². The third-order valence-corrected chi connectivity index (χ3v) is 5.66. The summed E-state index contributed by atoms with van der Waals surface area (Å²) in [6, 6.07) is 13.8. The number of aliphatic imine (C=N–C) groups is 1. The zero-order valence-corrected chi connectivity index (χ0v) is 20.1. The standard InChI is InChI=1S/C25H23ClN4O5/c1-14-11-15(2)30(13-21(31)27-17-7-10-20(34-4)19(26)12-17)25(32)22(14)24-28-23(29-35-24)16-5-8-18(33-3)9-6-16/h5-12H,1,13H2,2-4H3,(H,27,31)(H,28,29). The number of ether oxygens (including phenoxy) is 2. The SMILES string of the molecule is C=c1cc(C)n(CC(=O)Nc2ccc(OC)c(Cl)c2)c(=O)c1=C1N=C(c2ccc(OC)cc2)NO1. The molecule has 9 nitrogen and oxygen atoms in total. The highest BCUT2D eigenvalue weighted by atomic mass is 35.5. The molecule has 10 heteroatoms. The predicted octanol–water partition coefficient (Wildman–Crippen LogP) is 1.92. The Bertz CT molecular complexity index is 1500. The molecule has 0 saturated carbocycles. The summed E-state index contributed by atoms with van der Waals surface area (Å²) >= 11 is 6.13. The summed E-state index contributed by atoms with van der Waals surface area (Å²) in [7, 11) is 3.09. The molecule has 2 N–H and O–H groups in total. The largest absolute Gasteiger partial charge is 0.497 e. The molecule has 0 spiro atoms. The molecule has 1 aliphatic rings. The fourth-order valence-corrected chi connectivity index (χ4v) is 3.83. The van der Waals surface area contributed by atoms with Crippen LogP contribution in [0.4, 0.5) is 5.69 Å². The maximum atomic E-state index is 13.3. The van der Waals surface area contributed by atoms with E-state index in [4.69, 9.17) is 25.9 Å². The lowest BCUT2D eigenvalue weighted by Crippen LogP contribution is -2.47. The molecular weight excluding hydrogens is 472 g/mol. The number of amides is 1. The van der Waals surface area contributed by atoms with Crippen molar-refractivity contribution in [2.24, 2.45) is 4.99 Å². The van der Waals surface area contributed by atoms with Crippen LogP contribution in [0.5, 0.6) is 11.5 Å². The second-order valence-corrected chi connectivity index (χ2v) is 8.08. The lowest BCUT2D eigenvalue weighted by molar-refractivity contribution is -0.116. The number of amidine groups is 1. The van der Waals surface area contributed by atoms with Crippen LogP contribution in [-0.4, -0.2) is 30.5 Å². The van der Waals surface area contributed by atoms with Gasteiger partial charge in [-0.15, -0.1) is 0 Å². The van der Waals surface area contributed by atoms with Crippen molar-refractivity contribution in [2.75, 3.05) is 19.5 Å². The zero-order valence-electron chi connectivity index (χ0n) is 19.3. The maximum Gasteiger partial charge on any atom is 0.264 e. The number of methoxy groups -OCH3 is 2. The van der Waals surface area contributed by atoms with E-state index < -0.39 is 11.5 Å².